The lowest BCUT2D eigenvalue weighted by Gasteiger charge is -2.10. The van der Waals surface area contributed by atoms with Crippen molar-refractivity contribution in [2.45, 2.75) is 26.6 Å². The number of hydrogen-bond acceptors (Lipinski definition) is 6. The molecule has 0 bridgehead atoms. The lowest BCUT2D eigenvalue weighted by atomic mass is 10.2. The molecule has 8 nitrogen and oxygen atoms in total. The van der Waals surface area contributed by atoms with Crippen molar-refractivity contribution in [2.24, 2.45) is 5.92 Å². The summed E-state index contributed by atoms with van der Waals surface area (Å²) in [7, 11) is 0. The molecular formula is C18H17F3N6O2. The van der Waals surface area contributed by atoms with E-state index in [1.54, 1.807) is 32.2 Å². The second kappa shape index (κ2) is 7.86. The normalized spacial score (nSPS) is 12.6. The minimum Gasteiger partial charge on any atom is -0.481 e. The van der Waals surface area contributed by atoms with Crippen LogP contribution in [0, 0.1) is 12.8 Å². The number of pyridine rings is 2. The number of aliphatic carboxylic acids is 1. The lowest BCUT2D eigenvalue weighted by molar-refractivity contribution is -0.141. The van der Waals surface area contributed by atoms with E-state index >= 15 is 0 Å². The number of carbonyl (C=O) groups is 1. The zero-order valence-corrected chi connectivity index (χ0v) is 15.5. The Morgan fingerprint density at radius 3 is 2.69 bits per heavy atom. The van der Waals surface area contributed by atoms with E-state index < -0.39 is 23.6 Å². The smallest absolute Gasteiger partial charge is 0.416 e. The monoisotopic (exact) mass is 406 g/mol. The van der Waals surface area contributed by atoms with Gasteiger partial charge in [0.2, 0.25) is 0 Å². The van der Waals surface area contributed by atoms with Crippen molar-refractivity contribution in [1.29, 1.82) is 0 Å². The largest absolute Gasteiger partial charge is 0.481 e. The van der Waals surface area contributed by atoms with Gasteiger partial charge in [-0.1, -0.05) is 12.1 Å². The van der Waals surface area contributed by atoms with Gasteiger partial charge < -0.3 is 10.4 Å². The number of aryl methyl sites for hydroxylation is 1. The Balaban J connectivity index is 1.84. The molecule has 152 valence electrons. The van der Waals surface area contributed by atoms with Gasteiger partial charge in [0.25, 0.3) is 0 Å². The van der Waals surface area contributed by atoms with Crippen molar-refractivity contribution < 1.29 is 23.1 Å². The predicted octanol–water partition coefficient (Wildman–Crippen LogP) is 3.53. The number of nitrogens with zero attached hydrogens (tertiary/aromatic N) is 5. The van der Waals surface area contributed by atoms with Crippen LogP contribution in [0.5, 0.6) is 0 Å². The fraction of sp³-hybridized carbons (Fsp3) is 0.278. The van der Waals surface area contributed by atoms with Gasteiger partial charge in [0.05, 0.1) is 29.9 Å². The standard InChI is InChI=1S/C18H17F3N6O2/c1-10-5-13(14-9-27(26-25-14)8-11(2)17(28)29)23-16(6-10)24-15-7-12(3-4-22-15)18(19,20)21/h3-7,9,11H,8H2,1-2H3,(H,28,29)(H,22,23,24)/t11-/m0/s1. The van der Waals surface area contributed by atoms with Gasteiger partial charge in [0.15, 0.2) is 0 Å². The third-order valence-corrected chi connectivity index (χ3v) is 4.00. The average molecular weight is 406 g/mol. The Morgan fingerprint density at radius 1 is 1.24 bits per heavy atom. The van der Waals surface area contributed by atoms with Crippen LogP contribution >= 0.6 is 0 Å². The van der Waals surface area contributed by atoms with E-state index in [1.807, 2.05) is 0 Å². The van der Waals surface area contributed by atoms with Crippen molar-refractivity contribution >= 4 is 17.6 Å². The van der Waals surface area contributed by atoms with Crippen molar-refractivity contribution in [2.75, 3.05) is 5.32 Å². The molecule has 11 heteroatoms. The first-order valence-corrected chi connectivity index (χ1v) is 8.54. The van der Waals surface area contributed by atoms with Crippen LogP contribution in [-0.4, -0.2) is 36.0 Å². The molecule has 3 aromatic heterocycles. The van der Waals surface area contributed by atoms with Crippen LogP contribution in [0.15, 0.2) is 36.7 Å². The summed E-state index contributed by atoms with van der Waals surface area (Å²) >= 11 is 0. The second-order valence-electron chi connectivity index (χ2n) is 6.53. The lowest BCUT2D eigenvalue weighted by Crippen LogP contribution is -2.17. The molecule has 0 aromatic carbocycles. The number of carboxylic acid groups (broad SMARTS) is 1. The third kappa shape index (κ3) is 5.06. The zero-order chi connectivity index (χ0) is 21.2. The fourth-order valence-electron chi connectivity index (χ4n) is 2.53. The highest BCUT2D eigenvalue weighted by Gasteiger charge is 2.30. The van der Waals surface area contributed by atoms with Crippen LogP contribution in [0.25, 0.3) is 11.4 Å². The molecule has 3 aromatic rings. The summed E-state index contributed by atoms with van der Waals surface area (Å²) in [5.74, 6) is -1.29. The molecule has 0 unspecified atom stereocenters. The second-order valence-corrected chi connectivity index (χ2v) is 6.53. The Hall–Kier alpha value is -3.50. The maximum atomic E-state index is 12.9. The molecule has 0 aliphatic carbocycles. The molecule has 29 heavy (non-hydrogen) atoms. The number of rotatable bonds is 6. The summed E-state index contributed by atoms with van der Waals surface area (Å²) in [6.45, 7) is 3.50. The van der Waals surface area contributed by atoms with Crippen LogP contribution in [0.1, 0.15) is 18.1 Å². The van der Waals surface area contributed by atoms with Gasteiger partial charge in [-0.3, -0.25) is 9.48 Å². The Morgan fingerprint density at radius 2 is 2.00 bits per heavy atom. The molecule has 0 aliphatic rings. The predicted molar refractivity (Wildman–Crippen MR) is 97.3 cm³/mol. The van der Waals surface area contributed by atoms with E-state index in [0.717, 1.165) is 23.9 Å². The van der Waals surface area contributed by atoms with Gasteiger partial charge in [-0.15, -0.1) is 5.10 Å². The topological polar surface area (TPSA) is 106 Å². The summed E-state index contributed by atoms with van der Waals surface area (Å²) in [5.41, 5.74) is 0.816. The Bertz CT molecular complexity index is 1030. The number of alkyl halides is 3. The van der Waals surface area contributed by atoms with E-state index in [4.69, 9.17) is 5.11 Å². The van der Waals surface area contributed by atoms with E-state index in [1.165, 1.54) is 4.68 Å². The molecule has 0 aliphatic heterocycles. The van der Waals surface area contributed by atoms with Crippen LogP contribution < -0.4 is 5.32 Å². The van der Waals surface area contributed by atoms with Crippen LogP contribution in [0.3, 0.4) is 0 Å². The van der Waals surface area contributed by atoms with Crippen LogP contribution in [0.2, 0.25) is 0 Å². The maximum absolute atomic E-state index is 12.9. The summed E-state index contributed by atoms with van der Waals surface area (Å²) in [6, 6.07) is 5.17. The van der Waals surface area contributed by atoms with Gasteiger partial charge >= 0.3 is 12.1 Å². The van der Waals surface area contributed by atoms with Gasteiger partial charge in [0.1, 0.15) is 17.3 Å². The van der Waals surface area contributed by atoms with E-state index in [-0.39, 0.29) is 12.4 Å². The summed E-state index contributed by atoms with van der Waals surface area (Å²) in [6.07, 6.45) is -1.85. The van der Waals surface area contributed by atoms with Crippen molar-refractivity contribution in [3.05, 3.63) is 47.8 Å². The van der Waals surface area contributed by atoms with E-state index in [2.05, 4.69) is 25.6 Å². The molecule has 0 saturated carbocycles. The number of carboxylic acids is 1. The molecule has 3 rings (SSSR count). The zero-order valence-electron chi connectivity index (χ0n) is 15.5. The molecule has 0 saturated heterocycles. The summed E-state index contributed by atoms with van der Waals surface area (Å²) in [5, 5.41) is 19.7. The molecule has 0 fully saturated rings. The quantitative estimate of drug-likeness (QED) is 0.645. The van der Waals surface area contributed by atoms with Crippen molar-refractivity contribution in [3.63, 3.8) is 0 Å². The minimum absolute atomic E-state index is 0.00260. The maximum Gasteiger partial charge on any atom is 0.416 e. The average Bonchev–Trinajstić information content (AvgIpc) is 3.09. The minimum atomic E-state index is -4.48. The first kappa shape index (κ1) is 20.2. The molecular weight excluding hydrogens is 389 g/mol. The molecule has 0 amide bonds. The molecule has 2 N–H and O–H groups in total. The number of halogens is 3. The number of nitrogens with one attached hydrogen (secondary N) is 1. The van der Waals surface area contributed by atoms with Gasteiger partial charge in [-0.2, -0.15) is 13.2 Å². The summed E-state index contributed by atoms with van der Waals surface area (Å²) in [4.78, 5) is 19.2. The molecule has 0 spiro atoms. The number of anilines is 2. The van der Waals surface area contributed by atoms with Crippen molar-refractivity contribution in [3.8, 4) is 11.4 Å². The SMILES string of the molecule is Cc1cc(Nc2cc(C(F)(F)F)ccn2)nc(-c2cn(C[C@H](C)C(=O)O)nn2)c1. The molecule has 0 radical (unpaired) electrons. The van der Waals surface area contributed by atoms with Gasteiger partial charge in [-0.05, 0) is 36.8 Å². The Labute approximate surface area is 163 Å². The van der Waals surface area contributed by atoms with Crippen LogP contribution in [0.4, 0.5) is 24.8 Å². The molecule has 1 atom stereocenters. The first-order valence-electron chi connectivity index (χ1n) is 8.54. The van der Waals surface area contributed by atoms with Crippen molar-refractivity contribution in [1.82, 2.24) is 25.0 Å². The fourth-order valence-corrected chi connectivity index (χ4v) is 2.53. The summed E-state index contributed by atoms with van der Waals surface area (Å²) < 4.78 is 40.0. The highest BCUT2D eigenvalue weighted by Crippen LogP contribution is 2.30. The number of aromatic nitrogens is 5. The van der Waals surface area contributed by atoms with Gasteiger partial charge in [0, 0.05) is 6.20 Å². The van der Waals surface area contributed by atoms with Crippen LogP contribution in [-0.2, 0) is 17.5 Å². The first-order chi connectivity index (χ1) is 13.6. The number of hydrogen-bond donors (Lipinski definition) is 2. The Kier molecular flexibility index (Phi) is 5.48. The molecule has 3 heterocycles. The van der Waals surface area contributed by atoms with E-state index in [0.29, 0.717) is 17.2 Å². The highest BCUT2D eigenvalue weighted by atomic mass is 19.4. The van der Waals surface area contributed by atoms with Gasteiger partial charge in [-0.25, -0.2) is 9.97 Å². The third-order valence-electron chi connectivity index (χ3n) is 4.00. The highest BCUT2D eigenvalue weighted by molar-refractivity contribution is 5.69. The van der Waals surface area contributed by atoms with E-state index in [9.17, 15) is 18.0 Å².